The van der Waals surface area contributed by atoms with Gasteiger partial charge in [-0.3, -0.25) is 9.59 Å². The lowest BCUT2D eigenvalue weighted by atomic mass is 9.98. The first-order valence-corrected chi connectivity index (χ1v) is 16.5. The molecule has 0 fully saturated rings. The number of hydrogen-bond acceptors (Lipinski definition) is 9. The molecule has 0 aliphatic carbocycles. The van der Waals surface area contributed by atoms with Gasteiger partial charge in [-0.15, -0.1) is 5.01 Å². The molecule has 4 rings (SSSR count). The first-order chi connectivity index (χ1) is 23.4. The number of hydrazine groups is 1. The van der Waals surface area contributed by atoms with Crippen molar-refractivity contribution in [3.63, 3.8) is 0 Å². The van der Waals surface area contributed by atoms with Crippen molar-refractivity contribution in [2.24, 2.45) is 10.7 Å². The third-order valence-electron chi connectivity index (χ3n) is 7.25. The number of likely N-dealkylation sites (N-methyl/N-ethyl adjacent to an activating group) is 1. The van der Waals surface area contributed by atoms with Crippen molar-refractivity contribution in [3.05, 3.63) is 107 Å². The fourth-order valence-corrected chi connectivity index (χ4v) is 5.46. The van der Waals surface area contributed by atoms with Gasteiger partial charge in [-0.1, -0.05) is 60.2 Å². The Kier molecular flexibility index (Phi) is 11.2. The molecule has 0 unspecified atom stereocenters. The first-order valence-electron chi connectivity index (χ1n) is 15.0. The van der Waals surface area contributed by atoms with Crippen molar-refractivity contribution in [1.82, 2.24) is 19.5 Å². The van der Waals surface area contributed by atoms with Crippen molar-refractivity contribution in [1.29, 1.82) is 0 Å². The summed E-state index contributed by atoms with van der Waals surface area (Å²) in [6.07, 6.45) is -4.87. The molecule has 3 aromatic carbocycles. The number of rotatable bonds is 12. The number of nitrogens with one attached hydrogen (secondary N) is 1. The van der Waals surface area contributed by atoms with Gasteiger partial charge in [-0.05, 0) is 63.6 Å². The normalized spacial score (nSPS) is 13.0. The van der Waals surface area contributed by atoms with Gasteiger partial charge in [0, 0.05) is 12.0 Å². The Morgan fingerprint density at radius 1 is 1.02 bits per heavy atom. The highest BCUT2D eigenvalue weighted by Gasteiger charge is 2.36. The quantitative estimate of drug-likeness (QED) is 0.0494. The summed E-state index contributed by atoms with van der Waals surface area (Å²) in [5, 5.41) is 20.5. The third-order valence-corrected chi connectivity index (χ3v) is 8.61. The smallest absolute Gasteiger partial charge is 0.435 e. The van der Waals surface area contributed by atoms with Crippen LogP contribution in [0, 0.1) is 17.5 Å². The summed E-state index contributed by atoms with van der Waals surface area (Å²) < 4.78 is 75.4. The number of carbonyl (C=O) groups excluding carboxylic acids is 2. The van der Waals surface area contributed by atoms with E-state index >= 15 is 0 Å². The van der Waals surface area contributed by atoms with E-state index in [1.807, 2.05) is 11.6 Å². The lowest BCUT2D eigenvalue weighted by Gasteiger charge is -2.23. The summed E-state index contributed by atoms with van der Waals surface area (Å²) in [5.74, 6) is -1.71. The highest BCUT2D eigenvalue weighted by Crippen LogP contribution is 2.33. The summed E-state index contributed by atoms with van der Waals surface area (Å²) in [5.41, 5.74) is 0.206. The second kappa shape index (κ2) is 15.0. The molecule has 0 spiro atoms. The van der Waals surface area contributed by atoms with Crippen molar-refractivity contribution >= 4 is 21.9 Å². The van der Waals surface area contributed by atoms with Crippen LogP contribution < -0.4 is 4.72 Å². The number of hydrogen-bond donors (Lipinski definition) is 1. The van der Waals surface area contributed by atoms with E-state index in [9.17, 15) is 36.4 Å². The molecule has 0 radical (unpaired) electrons. The van der Waals surface area contributed by atoms with E-state index in [0.29, 0.717) is 11.1 Å². The number of aromatic nitrogens is 2. The molecule has 13 nitrogen and oxygen atoms in total. The molecule has 50 heavy (non-hydrogen) atoms. The van der Waals surface area contributed by atoms with E-state index in [-0.39, 0.29) is 27.7 Å². The summed E-state index contributed by atoms with van der Waals surface area (Å²) in [6.45, 7) is 5.99. The number of ether oxygens (including phenoxy) is 1. The predicted molar refractivity (Wildman–Crippen MR) is 173 cm³/mol. The first kappa shape index (κ1) is 37.4. The van der Waals surface area contributed by atoms with E-state index in [1.54, 1.807) is 75.4 Å². The zero-order valence-electron chi connectivity index (χ0n) is 27.7. The monoisotopic (exact) mass is 716 g/mol. The predicted octanol–water partition coefficient (Wildman–Crippen LogP) is 5.57. The average molecular weight is 717 g/mol. The number of sulfonamides is 1. The van der Waals surface area contributed by atoms with Crippen LogP contribution >= 0.6 is 0 Å². The van der Waals surface area contributed by atoms with Crippen LogP contribution in [0.4, 0.5) is 13.2 Å². The minimum absolute atomic E-state index is 0.0928. The Bertz CT molecular complexity index is 1940. The Labute approximate surface area is 286 Å². The van der Waals surface area contributed by atoms with Crippen LogP contribution in [0.5, 0.6) is 0 Å². The molecule has 0 aliphatic rings. The molecule has 0 saturated heterocycles. The van der Waals surface area contributed by atoms with Crippen LogP contribution in [0.25, 0.3) is 16.9 Å². The van der Waals surface area contributed by atoms with Crippen molar-refractivity contribution in [3.8, 4) is 16.9 Å². The van der Waals surface area contributed by atoms with E-state index in [0.717, 1.165) is 33.5 Å². The summed E-state index contributed by atoms with van der Waals surface area (Å²) in [4.78, 5) is 29.7. The molecule has 1 amide bonds. The number of nitrogens with zero attached hydrogens (tertiary/aromatic N) is 5. The van der Waals surface area contributed by atoms with Gasteiger partial charge in [0.25, 0.3) is 22.7 Å². The molecule has 0 saturated carbocycles. The Hall–Kier alpha value is -5.45. The topological polar surface area (TPSA) is 158 Å². The minimum Gasteiger partial charge on any atom is -0.569 e. The molecule has 17 heteroatoms. The van der Waals surface area contributed by atoms with Crippen molar-refractivity contribution in [2.75, 3.05) is 13.8 Å². The maximum atomic E-state index is 13.6. The molecular weight excluding hydrogens is 681 g/mol. The van der Waals surface area contributed by atoms with Gasteiger partial charge in [0.15, 0.2) is 11.7 Å². The summed E-state index contributed by atoms with van der Waals surface area (Å²) in [7, 11) is -3.38. The average Bonchev–Trinajstić information content (AvgIpc) is 3.52. The van der Waals surface area contributed by atoms with Gasteiger partial charge >= 0.3 is 12.1 Å². The summed E-state index contributed by atoms with van der Waals surface area (Å²) in [6, 6.07) is 19.4. The Morgan fingerprint density at radius 2 is 1.64 bits per heavy atom. The Morgan fingerprint density at radius 3 is 2.22 bits per heavy atom. The van der Waals surface area contributed by atoms with Crippen LogP contribution in [0.1, 0.15) is 37.6 Å². The molecule has 0 bridgehead atoms. The number of aryl methyl sites for hydroxylation is 1. The van der Waals surface area contributed by atoms with E-state index in [2.05, 4.69) is 10.4 Å². The van der Waals surface area contributed by atoms with Crippen molar-refractivity contribution < 1.29 is 45.7 Å². The van der Waals surface area contributed by atoms with Gasteiger partial charge in [0.1, 0.15) is 0 Å². The SMILES string of the molecule is Cc1ccc(-c2cc(C(F)(F)F)nn2-c2ccc(S(=O)(=O)NC(=O)[C@H](Cc3ccccc3)N(C)/[N+]([O-])=N\OCOC(=O)C(C)(C)C)cc2)cc1. The van der Waals surface area contributed by atoms with Gasteiger partial charge in [0.05, 0.1) is 33.7 Å². The molecule has 1 atom stereocenters. The minimum atomic E-state index is -4.74. The van der Waals surface area contributed by atoms with E-state index in [1.165, 1.54) is 19.2 Å². The number of benzene rings is 3. The van der Waals surface area contributed by atoms with Crippen LogP contribution in [-0.2, 0) is 41.8 Å². The number of amides is 1. The number of carbonyl (C=O) groups is 2. The second-order valence-corrected chi connectivity index (χ2v) is 13.9. The molecule has 1 aromatic heterocycles. The molecule has 1 N–H and O–H groups in total. The van der Waals surface area contributed by atoms with Crippen LogP contribution in [0.3, 0.4) is 0 Å². The maximum Gasteiger partial charge on any atom is 0.435 e. The number of halogens is 3. The third kappa shape index (κ3) is 9.37. The fraction of sp³-hybridized carbons (Fsp3) is 0.303. The molecule has 0 aliphatic heterocycles. The Balaban J connectivity index is 1.56. The molecule has 4 aromatic rings. The number of esters is 1. The van der Waals surface area contributed by atoms with E-state index < -0.39 is 52.0 Å². The van der Waals surface area contributed by atoms with Crippen LogP contribution in [0.2, 0.25) is 0 Å². The van der Waals surface area contributed by atoms with Gasteiger partial charge < -0.3 is 14.8 Å². The molecular formula is C33H35F3N6O7S. The lowest BCUT2D eigenvalue weighted by molar-refractivity contribution is -0.710. The second-order valence-electron chi connectivity index (χ2n) is 12.2. The highest BCUT2D eigenvalue weighted by molar-refractivity contribution is 7.90. The van der Waals surface area contributed by atoms with Gasteiger partial charge in [0.2, 0.25) is 5.28 Å². The van der Waals surface area contributed by atoms with E-state index in [4.69, 9.17) is 9.57 Å². The van der Waals surface area contributed by atoms with Gasteiger partial charge in [-0.2, -0.15) is 18.3 Å². The standard InChI is InChI=1S/C33H35F3N6O7S/c1-22-11-13-24(14-12-22)27-20-29(33(34,35)36)37-41(27)25-15-17-26(18-16-25)50(46,47)38-30(43)28(19-23-9-7-6-8-10-23)40(5)42(45)39-49-21-48-31(44)32(2,3)4/h6-18,20,28H,19,21H2,1-5H3,(H,38,43)/b42-39+/t28-/m0/s1. The zero-order valence-corrected chi connectivity index (χ0v) is 28.5. The lowest BCUT2D eigenvalue weighted by Crippen LogP contribution is -2.50. The fourth-order valence-electron chi connectivity index (χ4n) is 4.45. The largest absolute Gasteiger partial charge is 0.569 e. The molecule has 266 valence electrons. The zero-order chi connectivity index (χ0) is 36.9. The van der Waals surface area contributed by atoms with Gasteiger partial charge in [-0.25, -0.2) is 17.8 Å². The summed E-state index contributed by atoms with van der Waals surface area (Å²) >= 11 is 0. The number of alkyl halides is 3. The molecule has 1 heterocycles. The van der Waals surface area contributed by atoms with Crippen molar-refractivity contribution in [2.45, 2.75) is 51.2 Å². The highest BCUT2D eigenvalue weighted by atomic mass is 32.2. The van der Waals surface area contributed by atoms with Crippen LogP contribution in [-0.4, -0.2) is 59.9 Å². The maximum absolute atomic E-state index is 13.6. The van der Waals surface area contributed by atoms with Crippen LogP contribution in [0.15, 0.2) is 95.1 Å².